The first-order chi connectivity index (χ1) is 7.88. The second-order valence-electron chi connectivity index (χ2n) is 7.47. The summed E-state index contributed by atoms with van der Waals surface area (Å²) in [5, 5.41) is 0. The normalized spacial score (nSPS) is 40.8. The summed E-state index contributed by atoms with van der Waals surface area (Å²) in [6, 6.07) is 1.24. The first-order valence-electron chi connectivity index (χ1n) is 7.37. The van der Waals surface area contributed by atoms with Gasteiger partial charge in [-0.05, 0) is 42.9 Å². The molecule has 100 valence electrons. The summed E-state index contributed by atoms with van der Waals surface area (Å²) in [5.41, 5.74) is 6.63. The number of likely N-dealkylation sites (tertiary alicyclic amines) is 1. The van der Waals surface area contributed by atoms with Gasteiger partial charge in [0.05, 0.1) is 0 Å². The van der Waals surface area contributed by atoms with E-state index >= 15 is 0 Å². The van der Waals surface area contributed by atoms with Gasteiger partial charge in [-0.25, -0.2) is 0 Å². The van der Waals surface area contributed by atoms with E-state index in [-0.39, 0.29) is 0 Å². The molecule has 0 bridgehead atoms. The fraction of sp³-hybridized carbons (Fsp3) is 1.00. The van der Waals surface area contributed by atoms with Crippen LogP contribution in [0.5, 0.6) is 0 Å². The van der Waals surface area contributed by atoms with Crippen LogP contribution in [-0.4, -0.2) is 30.1 Å². The zero-order valence-electron chi connectivity index (χ0n) is 12.1. The lowest BCUT2D eigenvalue weighted by molar-refractivity contribution is 0.108. The molecule has 2 fully saturated rings. The van der Waals surface area contributed by atoms with Crippen molar-refractivity contribution in [3.63, 3.8) is 0 Å². The van der Waals surface area contributed by atoms with Crippen LogP contribution in [0.3, 0.4) is 0 Å². The van der Waals surface area contributed by atoms with Crippen molar-refractivity contribution in [3.8, 4) is 0 Å². The Kier molecular flexibility index (Phi) is 3.84. The maximum absolute atomic E-state index is 6.13. The average Bonchev–Trinajstić information content (AvgIpc) is 2.58. The summed E-state index contributed by atoms with van der Waals surface area (Å²) in [4.78, 5) is 2.66. The topological polar surface area (TPSA) is 29.3 Å². The molecular weight excluding hydrogens is 208 g/mol. The van der Waals surface area contributed by atoms with Crippen LogP contribution in [0.25, 0.3) is 0 Å². The van der Waals surface area contributed by atoms with E-state index in [9.17, 15) is 0 Å². The Hall–Kier alpha value is -0.0800. The van der Waals surface area contributed by atoms with Gasteiger partial charge in [-0.3, -0.25) is 4.90 Å². The van der Waals surface area contributed by atoms with Crippen LogP contribution < -0.4 is 5.73 Å². The van der Waals surface area contributed by atoms with E-state index in [1.54, 1.807) is 0 Å². The SMILES string of the molecule is CC1CN(C2CCC(C(C)(C)C)CC2)CC1N. The number of nitrogens with zero attached hydrogens (tertiary/aromatic N) is 1. The maximum atomic E-state index is 6.13. The van der Waals surface area contributed by atoms with E-state index in [4.69, 9.17) is 5.73 Å². The van der Waals surface area contributed by atoms with Gasteiger partial charge in [0.1, 0.15) is 0 Å². The molecule has 0 spiro atoms. The third-order valence-corrected chi connectivity index (χ3v) is 5.14. The Balaban J connectivity index is 1.84. The molecule has 0 amide bonds. The van der Waals surface area contributed by atoms with Gasteiger partial charge >= 0.3 is 0 Å². The van der Waals surface area contributed by atoms with E-state index in [1.165, 1.54) is 32.2 Å². The molecule has 2 N–H and O–H groups in total. The van der Waals surface area contributed by atoms with Crippen molar-refractivity contribution in [2.24, 2.45) is 23.0 Å². The Morgan fingerprint density at radius 2 is 1.59 bits per heavy atom. The van der Waals surface area contributed by atoms with Crippen molar-refractivity contribution >= 4 is 0 Å². The third-order valence-electron chi connectivity index (χ3n) is 5.14. The fourth-order valence-corrected chi connectivity index (χ4v) is 3.64. The standard InChI is InChI=1S/C15H30N2/c1-11-9-17(10-14(11)16)13-7-5-12(6-8-13)15(2,3)4/h11-14H,5-10,16H2,1-4H3. The van der Waals surface area contributed by atoms with Crippen molar-refractivity contribution in [2.45, 2.75) is 65.5 Å². The van der Waals surface area contributed by atoms with Crippen molar-refractivity contribution in [1.29, 1.82) is 0 Å². The monoisotopic (exact) mass is 238 g/mol. The minimum atomic E-state index is 0.412. The van der Waals surface area contributed by atoms with Crippen molar-refractivity contribution < 1.29 is 0 Å². The highest BCUT2D eigenvalue weighted by Crippen LogP contribution is 2.39. The molecule has 2 aliphatic rings. The summed E-state index contributed by atoms with van der Waals surface area (Å²) in [6.07, 6.45) is 5.60. The number of rotatable bonds is 1. The molecule has 1 saturated carbocycles. The highest BCUT2D eigenvalue weighted by Gasteiger charge is 2.35. The Morgan fingerprint density at radius 1 is 1.00 bits per heavy atom. The predicted octanol–water partition coefficient (Wildman–Crippen LogP) is 2.87. The minimum absolute atomic E-state index is 0.412. The maximum Gasteiger partial charge on any atom is 0.0206 e. The van der Waals surface area contributed by atoms with Gasteiger partial charge < -0.3 is 5.73 Å². The summed E-state index contributed by atoms with van der Waals surface area (Å²) in [5.74, 6) is 1.61. The summed E-state index contributed by atoms with van der Waals surface area (Å²) in [7, 11) is 0. The zero-order chi connectivity index (χ0) is 12.6. The van der Waals surface area contributed by atoms with Crippen LogP contribution in [0, 0.1) is 17.3 Å². The first-order valence-corrected chi connectivity index (χ1v) is 7.37. The Labute approximate surface area is 107 Å². The van der Waals surface area contributed by atoms with Crippen LogP contribution in [0.2, 0.25) is 0 Å². The predicted molar refractivity (Wildman–Crippen MR) is 73.9 cm³/mol. The molecule has 1 heterocycles. The lowest BCUT2D eigenvalue weighted by atomic mass is 9.71. The number of nitrogens with two attached hydrogens (primary N) is 1. The van der Waals surface area contributed by atoms with Gasteiger partial charge in [0.15, 0.2) is 0 Å². The van der Waals surface area contributed by atoms with Gasteiger partial charge in [0.2, 0.25) is 0 Å². The molecule has 1 aliphatic heterocycles. The number of hydrogen-bond donors (Lipinski definition) is 1. The molecule has 2 unspecified atom stereocenters. The zero-order valence-corrected chi connectivity index (χ0v) is 12.1. The van der Waals surface area contributed by atoms with E-state index in [1.807, 2.05) is 0 Å². The van der Waals surface area contributed by atoms with Crippen LogP contribution in [0.4, 0.5) is 0 Å². The van der Waals surface area contributed by atoms with Crippen LogP contribution in [0.1, 0.15) is 53.4 Å². The molecule has 2 atom stereocenters. The average molecular weight is 238 g/mol. The lowest BCUT2D eigenvalue weighted by Crippen LogP contribution is -2.39. The van der Waals surface area contributed by atoms with Gasteiger partial charge in [-0.2, -0.15) is 0 Å². The van der Waals surface area contributed by atoms with Gasteiger partial charge in [0.25, 0.3) is 0 Å². The Morgan fingerprint density at radius 3 is 2.00 bits per heavy atom. The van der Waals surface area contributed by atoms with Gasteiger partial charge in [0, 0.05) is 25.2 Å². The minimum Gasteiger partial charge on any atom is -0.326 e. The smallest absolute Gasteiger partial charge is 0.0206 e. The largest absolute Gasteiger partial charge is 0.326 e. The van der Waals surface area contributed by atoms with Gasteiger partial charge in [-0.1, -0.05) is 27.7 Å². The highest BCUT2D eigenvalue weighted by atomic mass is 15.2. The van der Waals surface area contributed by atoms with Gasteiger partial charge in [-0.15, -0.1) is 0 Å². The molecule has 0 aromatic heterocycles. The van der Waals surface area contributed by atoms with E-state index in [0.29, 0.717) is 17.4 Å². The van der Waals surface area contributed by atoms with Crippen LogP contribution in [-0.2, 0) is 0 Å². The van der Waals surface area contributed by atoms with Crippen LogP contribution >= 0.6 is 0 Å². The van der Waals surface area contributed by atoms with Crippen molar-refractivity contribution in [1.82, 2.24) is 4.90 Å². The molecule has 0 aromatic carbocycles. The lowest BCUT2D eigenvalue weighted by Gasteiger charge is -2.40. The number of hydrogen-bond acceptors (Lipinski definition) is 2. The molecule has 1 saturated heterocycles. The summed E-state index contributed by atoms with van der Waals surface area (Å²) in [6.45, 7) is 11.8. The van der Waals surface area contributed by atoms with Crippen molar-refractivity contribution in [2.75, 3.05) is 13.1 Å². The molecule has 1 aliphatic carbocycles. The fourth-order valence-electron chi connectivity index (χ4n) is 3.64. The quantitative estimate of drug-likeness (QED) is 0.761. The molecule has 2 heteroatoms. The van der Waals surface area contributed by atoms with E-state index in [0.717, 1.165) is 18.5 Å². The summed E-state index contributed by atoms with van der Waals surface area (Å²) < 4.78 is 0. The molecule has 0 aromatic rings. The second kappa shape index (κ2) is 4.89. The molecule has 0 radical (unpaired) electrons. The molecule has 17 heavy (non-hydrogen) atoms. The first kappa shape index (κ1) is 13.4. The second-order valence-corrected chi connectivity index (χ2v) is 7.47. The molecule has 2 nitrogen and oxygen atoms in total. The van der Waals surface area contributed by atoms with Crippen LogP contribution in [0.15, 0.2) is 0 Å². The third kappa shape index (κ3) is 3.03. The highest BCUT2D eigenvalue weighted by molar-refractivity contribution is 4.91. The van der Waals surface area contributed by atoms with Crippen molar-refractivity contribution in [3.05, 3.63) is 0 Å². The summed E-state index contributed by atoms with van der Waals surface area (Å²) >= 11 is 0. The molecular formula is C15H30N2. The Bertz CT molecular complexity index is 238. The molecule has 2 rings (SSSR count). The van der Waals surface area contributed by atoms with E-state index in [2.05, 4.69) is 32.6 Å². The van der Waals surface area contributed by atoms with E-state index < -0.39 is 0 Å².